The molecule has 6 nitrogen and oxygen atoms in total. The molecule has 0 radical (unpaired) electrons. The number of rotatable bonds is 5. The molecule has 1 amide bonds. The number of esters is 1. The number of benzene rings is 1. The van der Waals surface area contributed by atoms with Crippen LogP contribution in [0.3, 0.4) is 0 Å². The van der Waals surface area contributed by atoms with Gasteiger partial charge in [0.15, 0.2) is 0 Å². The molecule has 1 aromatic rings. The molecule has 0 N–H and O–H groups in total. The number of nitrogens with zero attached hydrogens (tertiary/aromatic N) is 1. The molecule has 0 atom stereocenters. The van der Waals surface area contributed by atoms with Gasteiger partial charge in [-0.05, 0) is 63.9 Å². The van der Waals surface area contributed by atoms with E-state index < -0.39 is 5.60 Å². The fraction of sp³-hybridized carbons (Fsp3) is 0.600. The first-order chi connectivity index (χ1) is 14.8. The third-order valence-corrected chi connectivity index (χ3v) is 5.72. The highest BCUT2D eigenvalue weighted by Crippen LogP contribution is 2.30. The highest BCUT2D eigenvalue weighted by molar-refractivity contribution is 5.89. The van der Waals surface area contributed by atoms with Crippen LogP contribution in [-0.4, -0.2) is 48.9 Å². The molecule has 0 unspecified atom stereocenters. The number of carbonyl (C=O) groups is 2. The van der Waals surface area contributed by atoms with E-state index in [0.29, 0.717) is 19.0 Å². The van der Waals surface area contributed by atoms with Crippen molar-refractivity contribution in [3.8, 4) is 0 Å². The van der Waals surface area contributed by atoms with Crippen LogP contribution >= 0.6 is 0 Å². The molecule has 1 aromatic carbocycles. The molecule has 0 saturated carbocycles. The summed E-state index contributed by atoms with van der Waals surface area (Å²) in [6.45, 7) is 8.49. The monoisotopic (exact) mass is 429 g/mol. The third kappa shape index (κ3) is 7.39. The van der Waals surface area contributed by atoms with Crippen molar-refractivity contribution in [3.63, 3.8) is 0 Å². The van der Waals surface area contributed by atoms with E-state index in [1.165, 1.54) is 0 Å². The predicted octanol–water partition coefficient (Wildman–Crippen LogP) is 4.73. The molecule has 2 fully saturated rings. The Morgan fingerprint density at radius 3 is 2.32 bits per heavy atom. The summed E-state index contributed by atoms with van der Waals surface area (Å²) in [5.41, 5.74) is 1.22. The van der Waals surface area contributed by atoms with Crippen LogP contribution in [0, 0.1) is 11.8 Å². The molecular weight excluding hydrogens is 394 g/mol. The minimum absolute atomic E-state index is 0.0878. The number of ether oxygens (including phenoxy) is 3. The Morgan fingerprint density at radius 2 is 1.71 bits per heavy atom. The van der Waals surface area contributed by atoms with Crippen molar-refractivity contribution in [3.05, 3.63) is 47.5 Å². The zero-order valence-corrected chi connectivity index (χ0v) is 19.0. The number of hydrogen-bond acceptors (Lipinski definition) is 5. The summed E-state index contributed by atoms with van der Waals surface area (Å²) in [7, 11) is 0. The highest BCUT2D eigenvalue weighted by atomic mass is 16.6. The minimum Gasteiger partial charge on any atom is -0.457 e. The number of piperidine rings is 1. The van der Waals surface area contributed by atoms with Gasteiger partial charge < -0.3 is 19.1 Å². The summed E-state index contributed by atoms with van der Waals surface area (Å²) in [5.74, 6) is 0.174. The van der Waals surface area contributed by atoms with Crippen LogP contribution in [0.5, 0.6) is 0 Å². The third-order valence-electron chi connectivity index (χ3n) is 5.72. The van der Waals surface area contributed by atoms with E-state index in [1.54, 1.807) is 4.90 Å². The van der Waals surface area contributed by atoms with Gasteiger partial charge in [0.25, 0.3) is 0 Å². The van der Waals surface area contributed by atoms with Crippen molar-refractivity contribution in [1.82, 2.24) is 4.90 Å². The second-order valence-corrected chi connectivity index (χ2v) is 9.38. The van der Waals surface area contributed by atoms with E-state index in [4.69, 9.17) is 14.2 Å². The Morgan fingerprint density at radius 1 is 1.06 bits per heavy atom. The zero-order valence-electron chi connectivity index (χ0n) is 19.0. The molecule has 0 bridgehead atoms. The summed E-state index contributed by atoms with van der Waals surface area (Å²) in [6, 6.07) is 9.73. The lowest BCUT2D eigenvalue weighted by Crippen LogP contribution is -2.42. The highest BCUT2D eigenvalue weighted by Gasteiger charge is 2.31. The first-order valence-electron chi connectivity index (χ1n) is 11.3. The van der Waals surface area contributed by atoms with Crippen LogP contribution in [0.25, 0.3) is 0 Å². The summed E-state index contributed by atoms with van der Waals surface area (Å²) >= 11 is 0. The fourth-order valence-electron chi connectivity index (χ4n) is 4.01. The largest absolute Gasteiger partial charge is 0.457 e. The Labute approximate surface area is 185 Å². The first-order valence-corrected chi connectivity index (χ1v) is 11.3. The van der Waals surface area contributed by atoms with Crippen LogP contribution < -0.4 is 0 Å². The zero-order chi connectivity index (χ0) is 22.3. The van der Waals surface area contributed by atoms with Crippen molar-refractivity contribution in [2.24, 2.45) is 11.8 Å². The van der Waals surface area contributed by atoms with Crippen molar-refractivity contribution in [1.29, 1.82) is 0 Å². The van der Waals surface area contributed by atoms with Gasteiger partial charge in [0.2, 0.25) is 0 Å². The van der Waals surface area contributed by atoms with Crippen molar-refractivity contribution < 1.29 is 23.8 Å². The van der Waals surface area contributed by atoms with Crippen molar-refractivity contribution in [2.75, 3.05) is 26.3 Å². The van der Waals surface area contributed by atoms with Crippen LogP contribution in [-0.2, 0) is 25.6 Å². The Hall–Kier alpha value is -2.34. The fourth-order valence-corrected chi connectivity index (χ4v) is 4.01. The number of likely N-dealkylation sites (tertiary alicyclic amines) is 1. The average Bonchev–Trinajstić information content (AvgIpc) is 2.76. The van der Waals surface area contributed by atoms with Gasteiger partial charge in [0, 0.05) is 31.9 Å². The van der Waals surface area contributed by atoms with E-state index in [1.807, 2.05) is 51.1 Å². The lowest BCUT2D eigenvalue weighted by Gasteiger charge is -2.34. The summed E-state index contributed by atoms with van der Waals surface area (Å²) < 4.78 is 16.6. The van der Waals surface area contributed by atoms with Gasteiger partial charge in [-0.25, -0.2) is 9.59 Å². The standard InChI is InChI=1S/C25H35NO5/c1-25(2,3)31-24(28)26-13-9-21(10-14-26)22(17-19-11-15-29-16-12-19)23(27)30-18-20-7-5-4-6-8-20/h4-8,17,19,21H,9-16,18H2,1-3H3. The smallest absolute Gasteiger partial charge is 0.410 e. The maximum absolute atomic E-state index is 13.1. The van der Waals surface area contributed by atoms with Gasteiger partial charge in [0.05, 0.1) is 0 Å². The Bertz CT molecular complexity index is 754. The Kier molecular flexibility index (Phi) is 8.13. The van der Waals surface area contributed by atoms with E-state index in [-0.39, 0.29) is 24.6 Å². The maximum atomic E-state index is 13.1. The number of hydrogen-bond donors (Lipinski definition) is 0. The molecule has 2 aliphatic rings. The molecule has 0 aliphatic carbocycles. The number of amides is 1. The van der Waals surface area contributed by atoms with Gasteiger partial charge >= 0.3 is 12.1 Å². The van der Waals surface area contributed by atoms with E-state index in [0.717, 1.165) is 50.0 Å². The molecule has 0 aromatic heterocycles. The molecular formula is C25H35NO5. The normalized spacial score (nSPS) is 19.2. The average molecular weight is 430 g/mol. The summed E-state index contributed by atoms with van der Waals surface area (Å²) in [5, 5.41) is 0. The van der Waals surface area contributed by atoms with Crippen LogP contribution in [0.1, 0.15) is 52.0 Å². The SMILES string of the molecule is CC(C)(C)OC(=O)N1CCC(C(=CC2CCOCC2)C(=O)OCc2ccccc2)CC1. The summed E-state index contributed by atoms with van der Waals surface area (Å²) in [6.07, 6.45) is 5.14. The maximum Gasteiger partial charge on any atom is 0.410 e. The lowest BCUT2D eigenvalue weighted by molar-refractivity contribution is -0.141. The Balaban J connectivity index is 1.64. The van der Waals surface area contributed by atoms with Gasteiger partial charge in [-0.1, -0.05) is 36.4 Å². The molecule has 2 saturated heterocycles. The quantitative estimate of drug-likeness (QED) is 0.500. The van der Waals surface area contributed by atoms with Gasteiger partial charge in [-0.2, -0.15) is 0 Å². The number of allylic oxidation sites excluding steroid dienone is 1. The van der Waals surface area contributed by atoms with Gasteiger partial charge in [0.1, 0.15) is 12.2 Å². The van der Waals surface area contributed by atoms with Crippen LogP contribution in [0.15, 0.2) is 42.0 Å². The molecule has 6 heteroatoms. The van der Waals surface area contributed by atoms with Gasteiger partial charge in [-0.15, -0.1) is 0 Å². The van der Waals surface area contributed by atoms with E-state index in [2.05, 4.69) is 6.08 Å². The van der Waals surface area contributed by atoms with Gasteiger partial charge in [-0.3, -0.25) is 0 Å². The molecule has 0 spiro atoms. The minimum atomic E-state index is -0.511. The molecule has 2 aliphatic heterocycles. The molecule has 2 heterocycles. The van der Waals surface area contributed by atoms with Crippen molar-refractivity contribution >= 4 is 12.1 Å². The van der Waals surface area contributed by atoms with Crippen LogP contribution in [0.2, 0.25) is 0 Å². The predicted molar refractivity (Wildman–Crippen MR) is 118 cm³/mol. The molecule has 170 valence electrons. The number of carbonyl (C=O) groups excluding carboxylic acids is 2. The molecule has 31 heavy (non-hydrogen) atoms. The molecule has 3 rings (SSSR count). The van der Waals surface area contributed by atoms with E-state index >= 15 is 0 Å². The van der Waals surface area contributed by atoms with Crippen molar-refractivity contribution in [2.45, 2.75) is 58.7 Å². The second kappa shape index (κ2) is 10.8. The summed E-state index contributed by atoms with van der Waals surface area (Å²) in [4.78, 5) is 27.2. The van der Waals surface area contributed by atoms with E-state index in [9.17, 15) is 9.59 Å². The first kappa shape index (κ1) is 23.3. The lowest BCUT2D eigenvalue weighted by atomic mass is 9.85. The van der Waals surface area contributed by atoms with Crippen LogP contribution in [0.4, 0.5) is 4.79 Å². The second-order valence-electron chi connectivity index (χ2n) is 9.38. The topological polar surface area (TPSA) is 65.1 Å².